The number of nitrogens with one attached hydrogen (secondary N) is 4. The average molecular weight is 546 g/mol. The summed E-state index contributed by atoms with van der Waals surface area (Å²) in [6.07, 6.45) is 2.63. The molecule has 0 aliphatic heterocycles. The minimum Gasteiger partial charge on any atom is -0.508 e. The SMILES string of the molecule is CC(C)C(NC(=O)C(N)CCC(N)=O)C(=O)NC(Cc1cnc[nH]1)C(=O)NC(Cc1ccc(O)cc1)C(=O)O. The van der Waals surface area contributed by atoms with E-state index in [0.717, 1.165) is 0 Å². The van der Waals surface area contributed by atoms with Crippen molar-refractivity contribution in [3.8, 4) is 5.75 Å². The van der Waals surface area contributed by atoms with Crippen molar-refractivity contribution in [2.45, 2.75) is 63.7 Å². The second-order valence-electron chi connectivity index (χ2n) is 9.45. The zero-order valence-electron chi connectivity index (χ0n) is 21.7. The molecular weight excluding hydrogens is 510 g/mol. The Balaban J connectivity index is 2.17. The van der Waals surface area contributed by atoms with Gasteiger partial charge in [0, 0.05) is 31.2 Å². The van der Waals surface area contributed by atoms with E-state index < -0.39 is 59.7 Å². The number of phenolic OH excluding ortho intramolecular Hbond substituents is 1. The normalized spacial score (nSPS) is 14.1. The number of amides is 4. The van der Waals surface area contributed by atoms with E-state index in [2.05, 4.69) is 25.9 Å². The third-order valence-electron chi connectivity index (χ3n) is 5.89. The Morgan fingerprint density at radius 3 is 2.13 bits per heavy atom. The number of nitrogens with two attached hydrogens (primary N) is 2. The average Bonchev–Trinajstić information content (AvgIpc) is 3.38. The van der Waals surface area contributed by atoms with Crippen LogP contribution in [0.2, 0.25) is 0 Å². The van der Waals surface area contributed by atoms with Crippen molar-refractivity contribution in [2.24, 2.45) is 17.4 Å². The van der Waals surface area contributed by atoms with Gasteiger partial charge in [-0.25, -0.2) is 9.78 Å². The quantitative estimate of drug-likeness (QED) is 0.132. The van der Waals surface area contributed by atoms with Crippen LogP contribution in [0.5, 0.6) is 5.75 Å². The fourth-order valence-corrected chi connectivity index (χ4v) is 3.65. The van der Waals surface area contributed by atoms with Gasteiger partial charge < -0.3 is 42.6 Å². The van der Waals surface area contributed by atoms with Crippen LogP contribution >= 0.6 is 0 Å². The number of carboxylic acids is 1. The molecule has 1 aromatic heterocycles. The van der Waals surface area contributed by atoms with Crippen molar-refractivity contribution in [1.29, 1.82) is 0 Å². The number of aromatic amines is 1. The van der Waals surface area contributed by atoms with Gasteiger partial charge in [-0.1, -0.05) is 26.0 Å². The lowest BCUT2D eigenvalue weighted by Crippen LogP contribution is -2.59. The Kier molecular flexibility index (Phi) is 11.4. The number of rotatable bonds is 15. The molecule has 1 aromatic carbocycles. The van der Waals surface area contributed by atoms with Crippen LogP contribution in [-0.2, 0) is 36.8 Å². The first-order valence-electron chi connectivity index (χ1n) is 12.3. The van der Waals surface area contributed by atoms with E-state index in [4.69, 9.17) is 11.5 Å². The molecule has 2 rings (SSSR count). The molecule has 39 heavy (non-hydrogen) atoms. The molecule has 0 spiro atoms. The number of carboxylic acid groups (broad SMARTS) is 1. The Hall–Kier alpha value is -4.46. The number of aromatic hydroxyl groups is 1. The van der Waals surface area contributed by atoms with E-state index in [1.165, 1.54) is 36.8 Å². The van der Waals surface area contributed by atoms with Gasteiger partial charge in [0.1, 0.15) is 23.9 Å². The molecule has 0 fully saturated rings. The number of phenols is 1. The molecule has 0 bridgehead atoms. The number of nitrogens with zero attached hydrogens (tertiary/aromatic N) is 1. The van der Waals surface area contributed by atoms with Gasteiger partial charge in [-0.2, -0.15) is 0 Å². The highest BCUT2D eigenvalue weighted by Gasteiger charge is 2.32. The third-order valence-corrected chi connectivity index (χ3v) is 5.89. The van der Waals surface area contributed by atoms with E-state index in [-0.39, 0.29) is 31.4 Å². The second-order valence-corrected chi connectivity index (χ2v) is 9.45. The molecule has 10 N–H and O–H groups in total. The largest absolute Gasteiger partial charge is 0.508 e. The summed E-state index contributed by atoms with van der Waals surface area (Å²) in [7, 11) is 0. The molecule has 4 unspecified atom stereocenters. The molecule has 2 aromatic rings. The highest BCUT2D eigenvalue weighted by atomic mass is 16.4. The van der Waals surface area contributed by atoms with Gasteiger partial charge in [0.25, 0.3) is 0 Å². The van der Waals surface area contributed by atoms with Gasteiger partial charge in [0.2, 0.25) is 23.6 Å². The van der Waals surface area contributed by atoms with Crippen LogP contribution in [-0.4, -0.2) is 73.9 Å². The zero-order valence-corrected chi connectivity index (χ0v) is 21.7. The standard InChI is InChI=1S/C25H35N7O7/c1-13(2)21(32-22(35)17(26)7-8-20(27)34)24(37)30-18(10-15-11-28-12-29-15)23(36)31-19(25(38)39)9-14-3-5-16(33)6-4-14/h3-6,11-13,17-19,21,33H,7-10,26H2,1-2H3,(H2,27,34)(H,28,29)(H,30,37)(H,31,36)(H,32,35)(H,38,39). The van der Waals surface area contributed by atoms with Gasteiger partial charge in [0.05, 0.1) is 12.4 Å². The highest BCUT2D eigenvalue weighted by molar-refractivity contribution is 5.94. The van der Waals surface area contributed by atoms with Crippen molar-refractivity contribution in [2.75, 3.05) is 0 Å². The van der Waals surface area contributed by atoms with Gasteiger partial charge in [-0.3, -0.25) is 19.2 Å². The maximum absolute atomic E-state index is 13.2. The minimum atomic E-state index is -1.33. The van der Waals surface area contributed by atoms with Crippen molar-refractivity contribution < 1.29 is 34.2 Å². The number of imidazole rings is 1. The Bertz CT molecular complexity index is 1140. The van der Waals surface area contributed by atoms with Crippen molar-refractivity contribution in [1.82, 2.24) is 25.9 Å². The Labute approximate surface area is 224 Å². The molecule has 0 aliphatic rings. The maximum Gasteiger partial charge on any atom is 0.326 e. The third kappa shape index (κ3) is 10.1. The molecule has 0 saturated carbocycles. The fourth-order valence-electron chi connectivity index (χ4n) is 3.65. The van der Waals surface area contributed by atoms with Crippen LogP contribution in [0, 0.1) is 5.92 Å². The Morgan fingerprint density at radius 2 is 1.59 bits per heavy atom. The van der Waals surface area contributed by atoms with Crippen molar-refractivity contribution in [3.05, 3.63) is 48.0 Å². The van der Waals surface area contributed by atoms with Crippen molar-refractivity contribution in [3.63, 3.8) is 0 Å². The number of hydrogen-bond donors (Lipinski definition) is 8. The summed E-state index contributed by atoms with van der Waals surface area (Å²) in [5, 5.41) is 26.7. The number of carbonyl (C=O) groups is 5. The highest BCUT2D eigenvalue weighted by Crippen LogP contribution is 2.12. The van der Waals surface area contributed by atoms with Crippen molar-refractivity contribution >= 4 is 29.6 Å². The summed E-state index contributed by atoms with van der Waals surface area (Å²) in [5.74, 6) is -4.43. The maximum atomic E-state index is 13.2. The first kappa shape index (κ1) is 30.8. The summed E-state index contributed by atoms with van der Waals surface area (Å²) in [6, 6.07) is 1.16. The molecule has 212 valence electrons. The summed E-state index contributed by atoms with van der Waals surface area (Å²) in [6.45, 7) is 3.36. The number of H-pyrrole nitrogens is 1. The van der Waals surface area contributed by atoms with Crippen LogP contribution in [0.4, 0.5) is 0 Å². The number of benzene rings is 1. The summed E-state index contributed by atoms with van der Waals surface area (Å²) in [4.78, 5) is 68.6. The molecule has 0 aliphatic carbocycles. The van der Waals surface area contributed by atoms with E-state index in [1.807, 2.05) is 0 Å². The van der Waals surface area contributed by atoms with Gasteiger partial charge in [-0.15, -0.1) is 0 Å². The number of aliphatic carboxylic acids is 1. The minimum absolute atomic E-state index is 0.00390. The molecule has 1 heterocycles. The number of hydrogen-bond acceptors (Lipinski definition) is 8. The first-order valence-corrected chi connectivity index (χ1v) is 12.3. The van der Waals surface area contributed by atoms with Crippen LogP contribution in [0.1, 0.15) is 37.9 Å². The van der Waals surface area contributed by atoms with Gasteiger partial charge >= 0.3 is 5.97 Å². The number of primary amides is 1. The van der Waals surface area contributed by atoms with E-state index in [0.29, 0.717) is 11.3 Å². The molecule has 14 heteroatoms. The smallest absolute Gasteiger partial charge is 0.326 e. The van der Waals surface area contributed by atoms with E-state index >= 15 is 0 Å². The predicted octanol–water partition coefficient (Wildman–Crippen LogP) is -1.31. The fraction of sp³-hybridized carbons (Fsp3) is 0.440. The lowest BCUT2D eigenvalue weighted by Gasteiger charge is -2.27. The number of aromatic nitrogens is 2. The van der Waals surface area contributed by atoms with Crippen LogP contribution in [0.25, 0.3) is 0 Å². The van der Waals surface area contributed by atoms with Gasteiger partial charge in [-0.05, 0) is 30.0 Å². The molecular formula is C25H35N7O7. The predicted molar refractivity (Wildman–Crippen MR) is 139 cm³/mol. The zero-order chi connectivity index (χ0) is 29.1. The van der Waals surface area contributed by atoms with Crippen LogP contribution in [0.15, 0.2) is 36.8 Å². The molecule has 4 amide bonds. The molecule has 0 radical (unpaired) electrons. The second kappa shape index (κ2) is 14.5. The summed E-state index contributed by atoms with van der Waals surface area (Å²) < 4.78 is 0. The molecule has 14 nitrogen and oxygen atoms in total. The number of carbonyl (C=O) groups excluding carboxylic acids is 4. The monoisotopic (exact) mass is 545 g/mol. The lowest BCUT2D eigenvalue weighted by molar-refractivity contribution is -0.142. The summed E-state index contributed by atoms with van der Waals surface area (Å²) >= 11 is 0. The first-order chi connectivity index (χ1) is 18.4. The van der Waals surface area contributed by atoms with Crippen LogP contribution in [0.3, 0.4) is 0 Å². The topological polar surface area (TPSA) is 243 Å². The van der Waals surface area contributed by atoms with Crippen LogP contribution < -0.4 is 27.4 Å². The molecule has 0 saturated heterocycles. The molecule has 4 atom stereocenters. The summed E-state index contributed by atoms with van der Waals surface area (Å²) in [5.41, 5.74) is 12.0. The van der Waals surface area contributed by atoms with Gasteiger partial charge in [0.15, 0.2) is 0 Å². The lowest BCUT2D eigenvalue weighted by atomic mass is 10.0. The Morgan fingerprint density at radius 1 is 0.949 bits per heavy atom. The van der Waals surface area contributed by atoms with E-state index in [1.54, 1.807) is 13.8 Å². The van der Waals surface area contributed by atoms with E-state index in [9.17, 15) is 34.2 Å².